The second-order valence-electron chi connectivity index (χ2n) is 4.10. The van der Waals surface area contributed by atoms with E-state index >= 15 is 0 Å². The molecule has 0 atom stereocenters. The molecule has 0 amide bonds. The number of hydrogen-bond donors (Lipinski definition) is 2. The molecule has 0 saturated carbocycles. The van der Waals surface area contributed by atoms with Gasteiger partial charge in [-0.1, -0.05) is 5.92 Å². The van der Waals surface area contributed by atoms with Crippen LogP contribution in [0.25, 0.3) is 0 Å². The predicted octanol–water partition coefficient (Wildman–Crippen LogP) is 1.35. The van der Waals surface area contributed by atoms with Gasteiger partial charge in [0.25, 0.3) is 0 Å². The summed E-state index contributed by atoms with van der Waals surface area (Å²) >= 11 is 0. The highest BCUT2D eigenvalue weighted by atomic mass is 32.2. The van der Waals surface area contributed by atoms with Crippen molar-refractivity contribution in [3.63, 3.8) is 0 Å². The Hall–Kier alpha value is -1.51. The number of rotatable bonds is 3. The molecule has 1 aromatic rings. The average Bonchev–Trinajstić information content (AvgIpc) is 2.38. The van der Waals surface area contributed by atoms with Crippen LogP contribution in [-0.4, -0.2) is 21.5 Å². The minimum atomic E-state index is -3.45. The third-order valence-electron chi connectivity index (χ3n) is 2.85. The molecule has 2 rings (SSSR count). The van der Waals surface area contributed by atoms with Gasteiger partial charge in [0.05, 0.1) is 11.4 Å². The first-order chi connectivity index (χ1) is 8.63. The van der Waals surface area contributed by atoms with Crippen molar-refractivity contribution in [2.45, 2.75) is 24.7 Å². The summed E-state index contributed by atoms with van der Waals surface area (Å²) in [5.41, 5.74) is 2.10. The summed E-state index contributed by atoms with van der Waals surface area (Å²) in [6.07, 6.45) is 1.95. The van der Waals surface area contributed by atoms with Crippen LogP contribution < -0.4 is 10.0 Å². The van der Waals surface area contributed by atoms with Crippen molar-refractivity contribution in [2.75, 3.05) is 18.4 Å². The molecule has 0 fully saturated rings. The highest BCUT2D eigenvalue weighted by Crippen LogP contribution is 2.24. The summed E-state index contributed by atoms with van der Waals surface area (Å²) in [4.78, 5) is 0.308. The molecule has 0 aromatic heterocycles. The van der Waals surface area contributed by atoms with Crippen molar-refractivity contribution in [3.05, 3.63) is 23.8 Å². The van der Waals surface area contributed by atoms with Crippen molar-refractivity contribution >= 4 is 15.7 Å². The lowest BCUT2D eigenvalue weighted by Gasteiger charge is -2.18. The molecule has 18 heavy (non-hydrogen) atoms. The molecule has 0 bridgehead atoms. The Balaban J connectivity index is 2.24. The summed E-state index contributed by atoms with van der Waals surface area (Å²) in [7, 11) is -3.45. The third-order valence-corrected chi connectivity index (χ3v) is 4.25. The minimum Gasteiger partial charge on any atom is -0.385 e. The van der Waals surface area contributed by atoms with Crippen molar-refractivity contribution in [1.29, 1.82) is 0 Å². The zero-order valence-corrected chi connectivity index (χ0v) is 11.1. The van der Waals surface area contributed by atoms with Crippen LogP contribution in [0.4, 0.5) is 5.69 Å². The molecule has 0 radical (unpaired) electrons. The number of anilines is 1. The number of fused-ring (bicyclic) bond motifs is 1. The number of benzene rings is 1. The molecule has 0 saturated heterocycles. The van der Waals surface area contributed by atoms with Gasteiger partial charge in [0.1, 0.15) is 0 Å². The number of nitrogens with one attached hydrogen (secondary N) is 2. The van der Waals surface area contributed by atoms with Crippen LogP contribution in [0.1, 0.15) is 18.9 Å². The normalized spacial score (nSPS) is 14.1. The lowest BCUT2D eigenvalue weighted by Crippen LogP contribution is -2.24. The number of hydrogen-bond acceptors (Lipinski definition) is 3. The number of sulfonamides is 1. The van der Waals surface area contributed by atoms with Crippen molar-refractivity contribution in [2.24, 2.45) is 0 Å². The Labute approximate surface area is 108 Å². The van der Waals surface area contributed by atoms with E-state index in [2.05, 4.69) is 21.9 Å². The highest BCUT2D eigenvalue weighted by Gasteiger charge is 2.16. The molecule has 1 aliphatic heterocycles. The summed E-state index contributed by atoms with van der Waals surface area (Å²) in [6.45, 7) is 2.77. The van der Waals surface area contributed by atoms with E-state index in [0.29, 0.717) is 4.90 Å². The van der Waals surface area contributed by atoms with E-state index in [-0.39, 0.29) is 6.54 Å². The fraction of sp³-hybridized carbons (Fsp3) is 0.385. The van der Waals surface area contributed by atoms with Crippen LogP contribution in [0.3, 0.4) is 0 Å². The van der Waals surface area contributed by atoms with Gasteiger partial charge >= 0.3 is 0 Å². The largest absolute Gasteiger partial charge is 0.385 e. The van der Waals surface area contributed by atoms with Gasteiger partial charge in [0.2, 0.25) is 10.0 Å². The van der Waals surface area contributed by atoms with Gasteiger partial charge in [-0.3, -0.25) is 0 Å². The second-order valence-corrected chi connectivity index (χ2v) is 5.87. The van der Waals surface area contributed by atoms with Gasteiger partial charge in [0.15, 0.2) is 0 Å². The van der Waals surface area contributed by atoms with Gasteiger partial charge in [-0.15, -0.1) is 5.92 Å². The molecule has 0 spiro atoms. The van der Waals surface area contributed by atoms with Gasteiger partial charge in [-0.05, 0) is 43.5 Å². The van der Waals surface area contributed by atoms with Crippen LogP contribution in [0, 0.1) is 11.8 Å². The zero-order chi connectivity index (χ0) is 13.0. The first-order valence-corrected chi connectivity index (χ1v) is 7.38. The van der Waals surface area contributed by atoms with E-state index in [1.165, 1.54) is 0 Å². The maximum Gasteiger partial charge on any atom is 0.241 e. The molecule has 0 unspecified atom stereocenters. The Kier molecular flexibility index (Phi) is 3.90. The van der Waals surface area contributed by atoms with E-state index in [4.69, 9.17) is 0 Å². The van der Waals surface area contributed by atoms with Crippen molar-refractivity contribution in [3.8, 4) is 11.8 Å². The van der Waals surface area contributed by atoms with Gasteiger partial charge in [-0.2, -0.15) is 4.72 Å². The van der Waals surface area contributed by atoms with Crippen LogP contribution in [0.5, 0.6) is 0 Å². The predicted molar refractivity (Wildman–Crippen MR) is 71.9 cm³/mol. The molecule has 0 aliphatic carbocycles. The standard InChI is InChI=1S/C13H16N2O2S/c1-2-3-9-15-18(16,17)12-6-7-13-11(10-12)5-4-8-14-13/h6-7,10,14-15H,4-5,8-9H2,1H3. The van der Waals surface area contributed by atoms with Crippen molar-refractivity contribution < 1.29 is 8.42 Å². The third kappa shape index (κ3) is 2.84. The quantitative estimate of drug-likeness (QED) is 0.810. The van der Waals surface area contributed by atoms with E-state index in [1.54, 1.807) is 19.1 Å². The molecular weight excluding hydrogens is 248 g/mol. The Morgan fingerprint density at radius 1 is 1.44 bits per heavy atom. The fourth-order valence-corrected chi connectivity index (χ4v) is 2.89. The van der Waals surface area contributed by atoms with Crippen LogP contribution in [0.15, 0.2) is 23.1 Å². The first kappa shape index (κ1) is 12.9. The fourth-order valence-electron chi connectivity index (χ4n) is 1.92. The van der Waals surface area contributed by atoms with E-state index in [0.717, 1.165) is 30.6 Å². The Morgan fingerprint density at radius 2 is 2.28 bits per heavy atom. The minimum absolute atomic E-state index is 0.147. The SMILES string of the molecule is CC#CCNS(=O)(=O)c1ccc2c(c1)CCCN2. The van der Waals surface area contributed by atoms with E-state index in [9.17, 15) is 8.42 Å². The monoisotopic (exact) mass is 264 g/mol. The molecule has 1 heterocycles. The van der Waals surface area contributed by atoms with Gasteiger partial charge in [-0.25, -0.2) is 8.42 Å². The van der Waals surface area contributed by atoms with Crippen LogP contribution >= 0.6 is 0 Å². The smallest absolute Gasteiger partial charge is 0.241 e. The topological polar surface area (TPSA) is 58.2 Å². The van der Waals surface area contributed by atoms with E-state index < -0.39 is 10.0 Å². The zero-order valence-electron chi connectivity index (χ0n) is 10.3. The first-order valence-electron chi connectivity index (χ1n) is 5.89. The van der Waals surface area contributed by atoms with Crippen LogP contribution in [-0.2, 0) is 16.4 Å². The Morgan fingerprint density at radius 3 is 3.06 bits per heavy atom. The van der Waals surface area contributed by atoms with Crippen molar-refractivity contribution in [1.82, 2.24) is 4.72 Å². The molecule has 5 heteroatoms. The molecular formula is C13H16N2O2S. The summed E-state index contributed by atoms with van der Waals surface area (Å²) in [5.74, 6) is 5.34. The number of aryl methyl sites for hydroxylation is 1. The Bertz CT molecular complexity index is 597. The van der Waals surface area contributed by atoms with Crippen LogP contribution in [0.2, 0.25) is 0 Å². The second kappa shape index (κ2) is 5.42. The molecule has 96 valence electrons. The van der Waals surface area contributed by atoms with Gasteiger partial charge in [0, 0.05) is 12.2 Å². The highest BCUT2D eigenvalue weighted by molar-refractivity contribution is 7.89. The summed E-state index contributed by atoms with van der Waals surface area (Å²) < 4.78 is 26.4. The average molecular weight is 264 g/mol. The maximum atomic E-state index is 12.0. The summed E-state index contributed by atoms with van der Waals surface area (Å²) in [5, 5.41) is 3.26. The molecule has 1 aliphatic rings. The molecule has 4 nitrogen and oxygen atoms in total. The van der Waals surface area contributed by atoms with Gasteiger partial charge < -0.3 is 5.32 Å². The molecule has 1 aromatic carbocycles. The lowest BCUT2D eigenvalue weighted by atomic mass is 10.0. The maximum absolute atomic E-state index is 12.0. The van der Waals surface area contributed by atoms with E-state index in [1.807, 2.05) is 6.07 Å². The summed E-state index contributed by atoms with van der Waals surface area (Å²) in [6, 6.07) is 5.19. The molecule has 2 N–H and O–H groups in total. The lowest BCUT2D eigenvalue weighted by molar-refractivity contribution is 0.586.